The molecular weight excluding hydrogens is 418 g/mol. The van der Waals surface area contributed by atoms with Gasteiger partial charge in [-0.1, -0.05) is 42.0 Å². The Morgan fingerprint density at radius 3 is 2.33 bits per heavy atom. The summed E-state index contributed by atoms with van der Waals surface area (Å²) in [5.41, 5.74) is 4.43. The van der Waals surface area contributed by atoms with Gasteiger partial charge in [0.25, 0.3) is 5.56 Å². The second-order valence-corrected chi connectivity index (χ2v) is 8.37. The highest BCUT2D eigenvalue weighted by Gasteiger charge is 2.16. The largest absolute Gasteiger partial charge is 0.488 e. The number of ether oxygens (including phenoxy) is 1. The van der Waals surface area contributed by atoms with E-state index < -0.39 is 11.2 Å². The van der Waals surface area contributed by atoms with E-state index in [9.17, 15) is 14.4 Å². The minimum Gasteiger partial charge on any atom is -0.488 e. The van der Waals surface area contributed by atoms with Crippen LogP contribution in [0, 0.1) is 20.8 Å². The van der Waals surface area contributed by atoms with Gasteiger partial charge in [0.05, 0.1) is 0 Å². The van der Waals surface area contributed by atoms with Crippen molar-refractivity contribution in [2.45, 2.75) is 47.4 Å². The summed E-state index contributed by atoms with van der Waals surface area (Å²) in [7, 11) is 1.40. The zero-order chi connectivity index (χ0) is 24.1. The van der Waals surface area contributed by atoms with Crippen LogP contribution in [0.2, 0.25) is 0 Å². The summed E-state index contributed by atoms with van der Waals surface area (Å²) < 4.78 is 8.36. The Kier molecular flexibility index (Phi) is 7.53. The van der Waals surface area contributed by atoms with Crippen molar-refractivity contribution < 1.29 is 9.53 Å². The first-order chi connectivity index (χ1) is 15.7. The summed E-state index contributed by atoms with van der Waals surface area (Å²) >= 11 is 0. The molecule has 7 heteroatoms. The van der Waals surface area contributed by atoms with Crippen molar-refractivity contribution in [3.63, 3.8) is 0 Å². The number of carbonyl (C=O) groups is 1. The summed E-state index contributed by atoms with van der Waals surface area (Å²) in [6, 6.07) is 13.6. The molecule has 0 saturated heterocycles. The SMILES string of the molecule is CCN(Cc1cc(C)c(OCc2cccc(C)c2)c(C)c1)C(=O)Cn1ccc(=O)n(C)c1=O. The molecule has 1 aromatic heterocycles. The van der Waals surface area contributed by atoms with E-state index in [4.69, 9.17) is 4.74 Å². The highest BCUT2D eigenvalue weighted by molar-refractivity contribution is 5.76. The van der Waals surface area contributed by atoms with Gasteiger partial charge in [-0.05, 0) is 49.9 Å². The van der Waals surface area contributed by atoms with E-state index in [0.717, 1.165) is 32.6 Å². The molecule has 0 atom stereocenters. The zero-order valence-corrected chi connectivity index (χ0v) is 19.9. The maximum atomic E-state index is 12.9. The van der Waals surface area contributed by atoms with Crippen LogP contribution in [0.4, 0.5) is 0 Å². The van der Waals surface area contributed by atoms with E-state index >= 15 is 0 Å². The number of aryl methyl sites for hydroxylation is 3. The van der Waals surface area contributed by atoms with Crippen molar-refractivity contribution in [2.75, 3.05) is 6.54 Å². The summed E-state index contributed by atoms with van der Waals surface area (Å²) in [6.07, 6.45) is 1.37. The first-order valence-corrected chi connectivity index (χ1v) is 11.0. The molecule has 0 aliphatic carbocycles. The van der Waals surface area contributed by atoms with Gasteiger partial charge in [-0.3, -0.25) is 18.7 Å². The van der Waals surface area contributed by atoms with Crippen LogP contribution >= 0.6 is 0 Å². The summed E-state index contributed by atoms with van der Waals surface area (Å²) in [5, 5.41) is 0. The number of carbonyl (C=O) groups excluding carboxylic acids is 1. The minimum atomic E-state index is -0.506. The summed E-state index contributed by atoms with van der Waals surface area (Å²) in [6.45, 7) is 9.28. The monoisotopic (exact) mass is 449 g/mol. The average Bonchev–Trinajstić information content (AvgIpc) is 2.77. The Morgan fingerprint density at radius 1 is 1.00 bits per heavy atom. The van der Waals surface area contributed by atoms with Crippen LogP contribution < -0.4 is 16.0 Å². The molecule has 33 heavy (non-hydrogen) atoms. The lowest BCUT2D eigenvalue weighted by Crippen LogP contribution is -2.41. The first-order valence-electron chi connectivity index (χ1n) is 11.0. The molecule has 3 aromatic rings. The predicted molar refractivity (Wildman–Crippen MR) is 128 cm³/mol. The van der Waals surface area contributed by atoms with E-state index in [1.807, 2.05) is 45.0 Å². The number of nitrogens with zero attached hydrogens (tertiary/aromatic N) is 3. The normalized spacial score (nSPS) is 10.8. The number of likely N-dealkylation sites (N-methyl/N-ethyl adjacent to an activating group) is 1. The van der Waals surface area contributed by atoms with Crippen molar-refractivity contribution in [2.24, 2.45) is 7.05 Å². The van der Waals surface area contributed by atoms with Crippen molar-refractivity contribution in [3.05, 3.63) is 97.3 Å². The van der Waals surface area contributed by atoms with Crippen LogP contribution in [-0.2, 0) is 31.5 Å². The molecule has 0 aliphatic rings. The van der Waals surface area contributed by atoms with E-state index in [1.165, 1.54) is 29.4 Å². The fourth-order valence-corrected chi connectivity index (χ4v) is 3.90. The van der Waals surface area contributed by atoms with Gasteiger partial charge in [0, 0.05) is 32.4 Å². The molecule has 0 N–H and O–H groups in total. The minimum absolute atomic E-state index is 0.115. The van der Waals surface area contributed by atoms with Gasteiger partial charge in [0.2, 0.25) is 5.91 Å². The van der Waals surface area contributed by atoms with Crippen LogP contribution in [0.3, 0.4) is 0 Å². The Bertz CT molecular complexity index is 1250. The number of hydrogen-bond donors (Lipinski definition) is 0. The Labute approximate surface area is 193 Å². The molecule has 1 heterocycles. The molecular formula is C26H31N3O4. The van der Waals surface area contributed by atoms with E-state index in [2.05, 4.69) is 19.1 Å². The molecule has 0 aliphatic heterocycles. The van der Waals surface area contributed by atoms with Gasteiger partial charge in [-0.25, -0.2) is 4.79 Å². The predicted octanol–water partition coefficient (Wildman–Crippen LogP) is 3.10. The number of aromatic nitrogens is 2. The molecule has 7 nitrogen and oxygen atoms in total. The molecule has 3 rings (SSSR count). The average molecular weight is 450 g/mol. The molecule has 0 saturated carbocycles. The van der Waals surface area contributed by atoms with Gasteiger partial charge in [-0.2, -0.15) is 0 Å². The van der Waals surface area contributed by atoms with E-state index in [-0.39, 0.29) is 12.5 Å². The number of amides is 1. The van der Waals surface area contributed by atoms with Gasteiger partial charge in [0.15, 0.2) is 0 Å². The molecule has 2 aromatic carbocycles. The first kappa shape index (κ1) is 24.0. The standard InChI is InChI=1S/C26H31N3O4/c1-6-28(24(31)16-29-11-10-23(30)27(5)26(29)32)15-22-13-19(3)25(20(4)14-22)33-17-21-9-7-8-18(2)12-21/h7-14H,6,15-17H2,1-5H3. The summed E-state index contributed by atoms with van der Waals surface area (Å²) in [4.78, 5) is 38.4. The van der Waals surface area contributed by atoms with Crippen molar-refractivity contribution in [3.8, 4) is 5.75 Å². The highest BCUT2D eigenvalue weighted by Crippen LogP contribution is 2.26. The molecule has 0 spiro atoms. The van der Waals surface area contributed by atoms with Crippen LogP contribution in [0.25, 0.3) is 0 Å². The van der Waals surface area contributed by atoms with Crippen molar-refractivity contribution >= 4 is 5.91 Å². The number of rotatable bonds is 8. The van der Waals surface area contributed by atoms with Gasteiger partial charge in [-0.15, -0.1) is 0 Å². The van der Waals surface area contributed by atoms with Gasteiger partial charge in [0.1, 0.15) is 18.9 Å². The second-order valence-electron chi connectivity index (χ2n) is 8.37. The Morgan fingerprint density at radius 2 is 1.70 bits per heavy atom. The molecule has 1 amide bonds. The fourth-order valence-electron chi connectivity index (χ4n) is 3.90. The molecule has 0 fully saturated rings. The quantitative estimate of drug-likeness (QED) is 0.530. The van der Waals surface area contributed by atoms with Gasteiger partial charge >= 0.3 is 5.69 Å². The topological polar surface area (TPSA) is 73.5 Å². The number of hydrogen-bond acceptors (Lipinski definition) is 4. The van der Waals surface area contributed by atoms with Crippen LogP contribution in [0.5, 0.6) is 5.75 Å². The second kappa shape index (κ2) is 10.3. The van der Waals surface area contributed by atoms with Crippen LogP contribution in [0.1, 0.15) is 34.7 Å². The third-order valence-corrected chi connectivity index (χ3v) is 5.66. The maximum absolute atomic E-state index is 12.9. The molecule has 0 unspecified atom stereocenters. The Hall–Kier alpha value is -3.61. The molecule has 0 bridgehead atoms. The third-order valence-electron chi connectivity index (χ3n) is 5.66. The van der Waals surface area contributed by atoms with E-state index in [0.29, 0.717) is 19.7 Å². The van der Waals surface area contributed by atoms with Crippen molar-refractivity contribution in [1.29, 1.82) is 0 Å². The lowest BCUT2D eigenvalue weighted by atomic mass is 10.0. The molecule has 0 radical (unpaired) electrons. The van der Waals surface area contributed by atoms with Gasteiger partial charge < -0.3 is 9.64 Å². The lowest BCUT2D eigenvalue weighted by Gasteiger charge is -2.23. The third kappa shape index (κ3) is 5.80. The van der Waals surface area contributed by atoms with Crippen LogP contribution in [-0.4, -0.2) is 26.5 Å². The summed E-state index contributed by atoms with van der Waals surface area (Å²) in [5.74, 6) is 0.666. The Balaban J connectivity index is 1.72. The highest BCUT2D eigenvalue weighted by atomic mass is 16.5. The lowest BCUT2D eigenvalue weighted by molar-refractivity contribution is -0.132. The zero-order valence-electron chi connectivity index (χ0n) is 19.9. The van der Waals surface area contributed by atoms with Crippen LogP contribution in [0.15, 0.2) is 58.3 Å². The smallest absolute Gasteiger partial charge is 0.331 e. The number of benzene rings is 2. The molecule has 174 valence electrons. The fraction of sp³-hybridized carbons (Fsp3) is 0.346. The van der Waals surface area contributed by atoms with Crippen molar-refractivity contribution in [1.82, 2.24) is 14.0 Å². The maximum Gasteiger partial charge on any atom is 0.331 e. The van der Waals surface area contributed by atoms with E-state index in [1.54, 1.807) is 4.90 Å².